The topological polar surface area (TPSA) is 55.6 Å². The van der Waals surface area contributed by atoms with Gasteiger partial charge in [0.2, 0.25) is 0 Å². The Morgan fingerprint density at radius 1 is 1.17 bits per heavy atom. The van der Waals surface area contributed by atoms with Gasteiger partial charge in [-0.25, -0.2) is 0 Å². The molecule has 3 rings (SSSR count). The van der Waals surface area contributed by atoms with Gasteiger partial charge in [0, 0.05) is 19.2 Å². The van der Waals surface area contributed by atoms with Crippen molar-refractivity contribution in [1.82, 2.24) is 4.90 Å². The standard InChI is InChI=1S/C18H25ClN2O2.ClH/c1-23-16-12-15(20)14(19)11-13(16)17(22)21-9-7-18(8-10-21)5-3-2-4-6-18;/h11-12H,2-10,20H2,1H3;1H. The number of nitrogen functional groups attached to an aromatic ring is 1. The van der Waals surface area contributed by atoms with Gasteiger partial charge < -0.3 is 15.4 Å². The smallest absolute Gasteiger partial charge is 0.257 e. The highest BCUT2D eigenvalue weighted by atomic mass is 35.5. The minimum atomic E-state index is -0.00518. The van der Waals surface area contributed by atoms with Gasteiger partial charge in [0.15, 0.2) is 0 Å². The van der Waals surface area contributed by atoms with Crippen LogP contribution in [0.25, 0.3) is 0 Å². The number of likely N-dealkylation sites (tertiary alicyclic amines) is 1. The summed E-state index contributed by atoms with van der Waals surface area (Å²) in [5.74, 6) is 0.490. The SMILES string of the molecule is COc1cc(N)c(Cl)cc1C(=O)N1CCC2(CCCCC2)CC1.Cl. The third kappa shape index (κ3) is 3.75. The van der Waals surface area contributed by atoms with E-state index in [2.05, 4.69) is 0 Å². The Balaban J connectivity index is 0.00000208. The Kier molecular flexibility index (Phi) is 6.27. The minimum Gasteiger partial charge on any atom is -0.496 e. The number of ether oxygens (including phenoxy) is 1. The Hall–Kier alpha value is -1.13. The Bertz CT molecular complexity index is 591. The van der Waals surface area contributed by atoms with Crippen molar-refractivity contribution in [3.05, 3.63) is 22.7 Å². The summed E-state index contributed by atoms with van der Waals surface area (Å²) >= 11 is 6.09. The van der Waals surface area contributed by atoms with Crippen molar-refractivity contribution >= 4 is 35.6 Å². The van der Waals surface area contributed by atoms with Crippen molar-refractivity contribution in [3.63, 3.8) is 0 Å². The van der Waals surface area contributed by atoms with Gasteiger partial charge in [-0.05, 0) is 37.2 Å². The largest absolute Gasteiger partial charge is 0.496 e. The Labute approximate surface area is 155 Å². The van der Waals surface area contributed by atoms with Crippen molar-refractivity contribution < 1.29 is 9.53 Å². The number of anilines is 1. The van der Waals surface area contributed by atoms with E-state index in [1.165, 1.54) is 32.1 Å². The minimum absolute atomic E-state index is 0. The van der Waals surface area contributed by atoms with E-state index in [0.29, 0.717) is 27.4 Å². The number of rotatable bonds is 2. The number of hydrogen-bond acceptors (Lipinski definition) is 3. The van der Waals surface area contributed by atoms with Crippen LogP contribution in [0.1, 0.15) is 55.3 Å². The van der Waals surface area contributed by atoms with Crippen molar-refractivity contribution in [3.8, 4) is 5.75 Å². The van der Waals surface area contributed by atoms with Crippen LogP contribution in [0.4, 0.5) is 5.69 Å². The maximum absolute atomic E-state index is 12.9. The number of carbonyl (C=O) groups excluding carboxylic acids is 1. The summed E-state index contributed by atoms with van der Waals surface area (Å²) in [7, 11) is 1.55. The van der Waals surface area contributed by atoms with Crippen molar-refractivity contribution in [2.75, 3.05) is 25.9 Å². The first-order valence-electron chi connectivity index (χ1n) is 8.47. The van der Waals surface area contributed by atoms with E-state index >= 15 is 0 Å². The average Bonchev–Trinajstić information content (AvgIpc) is 2.58. The molecule has 1 amide bonds. The summed E-state index contributed by atoms with van der Waals surface area (Å²) in [6, 6.07) is 3.26. The number of benzene rings is 1. The molecular formula is C18H26Cl2N2O2. The number of hydrogen-bond donors (Lipinski definition) is 1. The van der Waals surface area contributed by atoms with Crippen LogP contribution in [0.2, 0.25) is 5.02 Å². The number of nitrogens with two attached hydrogens (primary N) is 1. The van der Waals surface area contributed by atoms with Crippen LogP contribution in [-0.4, -0.2) is 31.0 Å². The highest BCUT2D eigenvalue weighted by molar-refractivity contribution is 6.33. The van der Waals surface area contributed by atoms with Crippen molar-refractivity contribution in [2.24, 2.45) is 5.41 Å². The monoisotopic (exact) mass is 372 g/mol. The zero-order chi connectivity index (χ0) is 16.4. The molecule has 4 nitrogen and oxygen atoms in total. The lowest BCUT2D eigenvalue weighted by atomic mass is 9.68. The highest BCUT2D eigenvalue weighted by Crippen LogP contribution is 2.44. The maximum atomic E-state index is 12.9. The van der Waals surface area contributed by atoms with Gasteiger partial charge in [-0.1, -0.05) is 30.9 Å². The van der Waals surface area contributed by atoms with E-state index in [-0.39, 0.29) is 18.3 Å². The zero-order valence-corrected chi connectivity index (χ0v) is 15.7. The molecule has 134 valence electrons. The molecule has 0 aromatic heterocycles. The molecule has 0 radical (unpaired) electrons. The van der Waals surface area contributed by atoms with E-state index in [1.807, 2.05) is 4.90 Å². The molecule has 0 bridgehead atoms. The molecule has 0 atom stereocenters. The number of halogens is 2. The number of carbonyl (C=O) groups is 1. The molecule has 1 spiro atoms. The second-order valence-corrected chi connectivity index (χ2v) is 7.33. The lowest BCUT2D eigenvalue weighted by molar-refractivity contribution is 0.0469. The molecule has 2 aliphatic rings. The van der Waals surface area contributed by atoms with Crippen molar-refractivity contribution in [2.45, 2.75) is 44.9 Å². The Morgan fingerprint density at radius 2 is 1.79 bits per heavy atom. The van der Waals surface area contributed by atoms with E-state index in [0.717, 1.165) is 25.9 Å². The summed E-state index contributed by atoms with van der Waals surface area (Å²) in [4.78, 5) is 14.8. The first-order valence-corrected chi connectivity index (χ1v) is 8.85. The summed E-state index contributed by atoms with van der Waals surface area (Å²) in [5.41, 5.74) is 7.22. The highest BCUT2D eigenvalue weighted by Gasteiger charge is 2.37. The van der Waals surface area contributed by atoms with Gasteiger partial charge in [0.1, 0.15) is 5.75 Å². The molecule has 2 fully saturated rings. The number of piperidine rings is 1. The zero-order valence-electron chi connectivity index (χ0n) is 14.1. The third-order valence-electron chi connectivity index (χ3n) is 5.57. The van der Waals surface area contributed by atoms with Crippen molar-refractivity contribution in [1.29, 1.82) is 0 Å². The van der Waals surface area contributed by atoms with Gasteiger partial charge in [-0.2, -0.15) is 0 Å². The number of amides is 1. The van der Waals surface area contributed by atoms with Gasteiger partial charge >= 0.3 is 0 Å². The van der Waals surface area contributed by atoms with E-state index in [9.17, 15) is 4.79 Å². The second-order valence-electron chi connectivity index (χ2n) is 6.93. The van der Waals surface area contributed by atoms with Gasteiger partial charge in [-0.15, -0.1) is 12.4 Å². The molecule has 1 saturated carbocycles. The summed E-state index contributed by atoms with van der Waals surface area (Å²) < 4.78 is 5.32. The Morgan fingerprint density at radius 3 is 2.38 bits per heavy atom. The summed E-state index contributed by atoms with van der Waals surface area (Å²) in [6.07, 6.45) is 8.93. The van der Waals surface area contributed by atoms with Crippen LogP contribution in [0.3, 0.4) is 0 Å². The number of methoxy groups -OCH3 is 1. The molecule has 0 unspecified atom stereocenters. The molecule has 1 aromatic carbocycles. The fourth-order valence-electron chi connectivity index (χ4n) is 4.06. The fourth-order valence-corrected chi connectivity index (χ4v) is 4.23. The molecule has 1 aliphatic heterocycles. The van der Waals surface area contributed by atoms with E-state index < -0.39 is 0 Å². The lowest BCUT2D eigenvalue weighted by Gasteiger charge is -2.44. The normalized spacial score (nSPS) is 19.7. The quantitative estimate of drug-likeness (QED) is 0.775. The summed E-state index contributed by atoms with van der Waals surface area (Å²) in [5, 5.41) is 0.398. The summed E-state index contributed by atoms with van der Waals surface area (Å²) in [6.45, 7) is 1.65. The van der Waals surface area contributed by atoms with Crippen LogP contribution in [-0.2, 0) is 0 Å². The number of nitrogens with zero attached hydrogens (tertiary/aromatic N) is 1. The van der Waals surface area contributed by atoms with Crippen LogP contribution in [0.15, 0.2) is 12.1 Å². The first-order chi connectivity index (χ1) is 11.0. The molecule has 2 N–H and O–H groups in total. The van der Waals surface area contributed by atoms with Crippen LogP contribution >= 0.6 is 24.0 Å². The third-order valence-corrected chi connectivity index (χ3v) is 5.90. The predicted octanol–water partition coefficient (Wildman–Crippen LogP) is 4.54. The van der Waals surface area contributed by atoms with Gasteiger partial charge in [-0.3, -0.25) is 4.79 Å². The molecule has 6 heteroatoms. The van der Waals surface area contributed by atoms with E-state index in [4.69, 9.17) is 22.1 Å². The van der Waals surface area contributed by atoms with E-state index in [1.54, 1.807) is 19.2 Å². The average molecular weight is 373 g/mol. The molecule has 1 heterocycles. The molecule has 1 aliphatic carbocycles. The first kappa shape index (κ1) is 19.2. The second kappa shape index (κ2) is 7.83. The molecule has 1 saturated heterocycles. The van der Waals surface area contributed by atoms with Crippen LogP contribution < -0.4 is 10.5 Å². The molecular weight excluding hydrogens is 347 g/mol. The lowest BCUT2D eigenvalue weighted by Crippen LogP contribution is -2.44. The molecule has 1 aromatic rings. The molecule has 24 heavy (non-hydrogen) atoms. The van der Waals surface area contributed by atoms with Gasteiger partial charge in [0.25, 0.3) is 5.91 Å². The maximum Gasteiger partial charge on any atom is 0.257 e. The predicted molar refractivity (Wildman–Crippen MR) is 100 cm³/mol. The van der Waals surface area contributed by atoms with Crippen LogP contribution in [0, 0.1) is 5.41 Å². The van der Waals surface area contributed by atoms with Crippen LogP contribution in [0.5, 0.6) is 5.75 Å². The fraction of sp³-hybridized carbons (Fsp3) is 0.611. The van der Waals surface area contributed by atoms with Gasteiger partial charge in [0.05, 0.1) is 23.4 Å².